The van der Waals surface area contributed by atoms with Crippen LogP contribution in [0.4, 0.5) is 0 Å². The molecule has 0 amide bonds. The molecule has 82 valence electrons. The van der Waals surface area contributed by atoms with Gasteiger partial charge >= 0.3 is 5.97 Å². The summed E-state index contributed by atoms with van der Waals surface area (Å²) in [6.07, 6.45) is -0.261. The molecule has 1 aromatic carbocycles. The topological polar surface area (TPSA) is 66.8 Å². The van der Waals surface area contributed by atoms with E-state index in [1.807, 2.05) is 0 Å². The van der Waals surface area contributed by atoms with Gasteiger partial charge in [0, 0.05) is 6.61 Å². The summed E-state index contributed by atoms with van der Waals surface area (Å²) >= 11 is 0. The van der Waals surface area contributed by atoms with Crippen molar-refractivity contribution in [2.45, 2.75) is 19.4 Å². The van der Waals surface area contributed by atoms with Gasteiger partial charge in [-0.15, -0.1) is 0 Å². The highest BCUT2D eigenvalue weighted by atomic mass is 16.5. The van der Waals surface area contributed by atoms with Crippen molar-refractivity contribution in [1.29, 1.82) is 0 Å². The van der Waals surface area contributed by atoms with Crippen LogP contribution in [0.15, 0.2) is 24.3 Å². The minimum Gasteiger partial charge on any atom is -0.479 e. The third-order valence-corrected chi connectivity index (χ3v) is 1.98. The molecule has 2 N–H and O–H groups in total. The number of benzene rings is 1. The van der Waals surface area contributed by atoms with Gasteiger partial charge < -0.3 is 14.9 Å². The number of carboxylic acids is 1. The fraction of sp³-hybridized carbons (Fsp3) is 0.364. The normalized spacial score (nSPS) is 12.1. The second kappa shape index (κ2) is 5.36. The van der Waals surface area contributed by atoms with Crippen LogP contribution in [0.1, 0.15) is 12.5 Å². The molecule has 0 aromatic heterocycles. The highest BCUT2D eigenvalue weighted by Crippen LogP contribution is 2.14. The summed E-state index contributed by atoms with van der Waals surface area (Å²) in [6.45, 7) is 1.58. The van der Waals surface area contributed by atoms with Crippen molar-refractivity contribution in [2.24, 2.45) is 0 Å². The van der Waals surface area contributed by atoms with Crippen LogP contribution in [0.5, 0.6) is 5.75 Å². The summed E-state index contributed by atoms with van der Waals surface area (Å²) in [7, 11) is 0. The van der Waals surface area contributed by atoms with Crippen LogP contribution >= 0.6 is 0 Å². The number of aliphatic hydroxyl groups excluding tert-OH is 1. The maximum absolute atomic E-state index is 10.5. The molecule has 1 unspecified atom stereocenters. The predicted octanol–water partition coefficient (Wildman–Crippen LogP) is 1.07. The molecule has 0 aliphatic carbocycles. The monoisotopic (exact) mass is 210 g/mol. The van der Waals surface area contributed by atoms with Crippen LogP contribution in [-0.2, 0) is 11.2 Å². The summed E-state index contributed by atoms with van der Waals surface area (Å²) in [5.74, 6) is -0.471. The third-order valence-electron chi connectivity index (χ3n) is 1.98. The van der Waals surface area contributed by atoms with Crippen molar-refractivity contribution in [1.82, 2.24) is 0 Å². The Kier molecular flexibility index (Phi) is 4.12. The number of carboxylic acid groups (broad SMARTS) is 1. The van der Waals surface area contributed by atoms with E-state index < -0.39 is 12.1 Å². The number of ether oxygens (including phenoxy) is 1. The van der Waals surface area contributed by atoms with Gasteiger partial charge in [-0.05, 0) is 31.0 Å². The van der Waals surface area contributed by atoms with Crippen LogP contribution in [0.25, 0.3) is 0 Å². The average Bonchev–Trinajstić information content (AvgIpc) is 2.21. The molecule has 4 heteroatoms. The van der Waals surface area contributed by atoms with Gasteiger partial charge in [0.05, 0.1) is 0 Å². The van der Waals surface area contributed by atoms with Crippen LogP contribution in [0.2, 0.25) is 0 Å². The van der Waals surface area contributed by atoms with Crippen molar-refractivity contribution in [3.05, 3.63) is 29.8 Å². The highest BCUT2D eigenvalue weighted by molar-refractivity contribution is 5.72. The zero-order chi connectivity index (χ0) is 11.3. The number of hydrogen-bond donors (Lipinski definition) is 2. The summed E-state index contributed by atoms with van der Waals surface area (Å²) in [5, 5.41) is 17.3. The zero-order valence-electron chi connectivity index (χ0n) is 8.51. The summed E-state index contributed by atoms with van der Waals surface area (Å²) in [5.41, 5.74) is 0.993. The first-order valence-electron chi connectivity index (χ1n) is 4.72. The quantitative estimate of drug-likeness (QED) is 0.763. The van der Waals surface area contributed by atoms with Crippen molar-refractivity contribution < 1.29 is 19.7 Å². The maximum Gasteiger partial charge on any atom is 0.344 e. The van der Waals surface area contributed by atoms with E-state index in [2.05, 4.69) is 0 Å². The molecule has 0 heterocycles. The van der Waals surface area contributed by atoms with Crippen LogP contribution in [0, 0.1) is 0 Å². The first-order valence-corrected chi connectivity index (χ1v) is 4.72. The number of aliphatic carboxylic acids is 1. The molecule has 0 spiro atoms. The Morgan fingerprint density at radius 3 is 2.47 bits per heavy atom. The molecule has 0 bridgehead atoms. The van der Waals surface area contributed by atoms with Gasteiger partial charge in [0.15, 0.2) is 6.10 Å². The Labute approximate surface area is 88.1 Å². The van der Waals surface area contributed by atoms with Crippen molar-refractivity contribution in [2.75, 3.05) is 6.61 Å². The van der Waals surface area contributed by atoms with Crippen LogP contribution in [-0.4, -0.2) is 28.9 Å². The van der Waals surface area contributed by atoms with Gasteiger partial charge in [0.25, 0.3) is 0 Å². The minimum absolute atomic E-state index is 0.103. The molecule has 0 fully saturated rings. The van der Waals surface area contributed by atoms with Gasteiger partial charge in [-0.1, -0.05) is 12.1 Å². The molecule has 0 radical (unpaired) electrons. The van der Waals surface area contributed by atoms with Gasteiger partial charge in [0.1, 0.15) is 5.75 Å². The van der Waals surface area contributed by atoms with E-state index in [1.54, 1.807) is 24.3 Å². The van der Waals surface area contributed by atoms with Gasteiger partial charge in [0.2, 0.25) is 0 Å². The molecule has 1 aromatic rings. The van der Waals surface area contributed by atoms with E-state index in [0.29, 0.717) is 12.2 Å². The van der Waals surface area contributed by atoms with Gasteiger partial charge in [-0.25, -0.2) is 4.79 Å². The second-order valence-electron chi connectivity index (χ2n) is 3.22. The van der Waals surface area contributed by atoms with Gasteiger partial charge in [-0.2, -0.15) is 0 Å². The van der Waals surface area contributed by atoms with Crippen molar-refractivity contribution in [3.63, 3.8) is 0 Å². The van der Waals surface area contributed by atoms with E-state index in [0.717, 1.165) is 5.56 Å². The van der Waals surface area contributed by atoms with E-state index in [1.165, 1.54) is 6.92 Å². The lowest BCUT2D eigenvalue weighted by Crippen LogP contribution is -2.22. The maximum atomic E-state index is 10.5. The highest BCUT2D eigenvalue weighted by Gasteiger charge is 2.11. The predicted molar refractivity (Wildman–Crippen MR) is 55.0 cm³/mol. The van der Waals surface area contributed by atoms with E-state index in [9.17, 15) is 4.79 Å². The SMILES string of the molecule is CC(Oc1ccc(CCO)cc1)C(=O)O. The molecule has 0 aliphatic rings. The first kappa shape index (κ1) is 11.5. The minimum atomic E-state index is -0.991. The Morgan fingerprint density at radius 1 is 1.40 bits per heavy atom. The fourth-order valence-corrected chi connectivity index (χ4v) is 1.12. The van der Waals surface area contributed by atoms with E-state index >= 15 is 0 Å². The molecular formula is C11H14O4. The number of hydrogen-bond acceptors (Lipinski definition) is 3. The third kappa shape index (κ3) is 3.59. The smallest absolute Gasteiger partial charge is 0.344 e. The molecule has 0 saturated carbocycles. The van der Waals surface area contributed by atoms with Crippen LogP contribution < -0.4 is 4.74 Å². The summed E-state index contributed by atoms with van der Waals surface area (Å²) in [4.78, 5) is 10.5. The van der Waals surface area contributed by atoms with Crippen molar-refractivity contribution in [3.8, 4) is 5.75 Å². The summed E-state index contributed by atoms with van der Waals surface area (Å²) < 4.78 is 5.15. The Hall–Kier alpha value is -1.55. The van der Waals surface area contributed by atoms with Gasteiger partial charge in [-0.3, -0.25) is 0 Å². The lowest BCUT2D eigenvalue weighted by atomic mass is 10.1. The molecule has 0 saturated heterocycles. The average molecular weight is 210 g/mol. The Balaban J connectivity index is 2.60. The number of aliphatic hydroxyl groups is 1. The Morgan fingerprint density at radius 2 is 2.00 bits per heavy atom. The lowest BCUT2D eigenvalue weighted by Gasteiger charge is -2.10. The molecule has 4 nitrogen and oxygen atoms in total. The van der Waals surface area contributed by atoms with E-state index in [4.69, 9.17) is 14.9 Å². The standard InChI is InChI=1S/C11H14O4/c1-8(11(13)14)15-10-4-2-9(3-5-10)6-7-12/h2-5,8,12H,6-7H2,1H3,(H,13,14). The first-order chi connectivity index (χ1) is 7.13. The largest absolute Gasteiger partial charge is 0.479 e. The van der Waals surface area contributed by atoms with Crippen LogP contribution in [0.3, 0.4) is 0 Å². The lowest BCUT2D eigenvalue weighted by molar-refractivity contribution is -0.144. The van der Waals surface area contributed by atoms with E-state index in [-0.39, 0.29) is 6.61 Å². The van der Waals surface area contributed by atoms with Crippen molar-refractivity contribution >= 4 is 5.97 Å². The number of carbonyl (C=O) groups is 1. The molecule has 1 atom stereocenters. The number of rotatable bonds is 5. The molecule has 0 aliphatic heterocycles. The Bertz CT molecular complexity index is 318. The summed E-state index contributed by atoms with van der Waals surface area (Å²) in [6, 6.07) is 7.01. The molecular weight excluding hydrogens is 196 g/mol. The molecule has 1 rings (SSSR count). The molecule has 15 heavy (non-hydrogen) atoms. The fourth-order valence-electron chi connectivity index (χ4n) is 1.12. The second-order valence-corrected chi connectivity index (χ2v) is 3.22. The zero-order valence-corrected chi connectivity index (χ0v) is 8.51.